The quantitative estimate of drug-likeness (QED) is 0.139. The average Bonchev–Trinajstić information content (AvgIpc) is 3.53. The van der Waals surface area contributed by atoms with Gasteiger partial charge in [0, 0.05) is 71.1 Å². The Morgan fingerprint density at radius 3 is 2.48 bits per heavy atom. The summed E-state index contributed by atoms with van der Waals surface area (Å²) in [6.07, 6.45) is 1.81. The molecule has 0 saturated carbocycles. The van der Waals surface area contributed by atoms with Gasteiger partial charge in [-0.2, -0.15) is 15.0 Å². The highest BCUT2D eigenvalue weighted by Crippen LogP contribution is 2.27. The number of nitrogens with zero attached hydrogens (tertiary/aromatic N) is 8. The maximum Gasteiger partial charge on any atom is 0.244 e. The zero-order valence-corrected chi connectivity index (χ0v) is 27.9. The molecule has 2 aliphatic heterocycles. The number of hydrogen-bond donors (Lipinski definition) is 3. The van der Waals surface area contributed by atoms with Crippen molar-refractivity contribution in [1.82, 2.24) is 29.7 Å². The Balaban J connectivity index is 1.23. The molecule has 4 aromatic rings. The molecule has 3 N–H and O–H groups in total. The highest BCUT2D eigenvalue weighted by Gasteiger charge is 2.23. The SMILES string of the molecule is [C-]#[N+]c1ccc(C[C@H](Nc2nc(NCC3=Nc4cc(F)ccc4C3)nc(Nc3cccc(CN4CCN(C=O)CC4)c3)n2)C(=O)N(C)C)cc1. The molecule has 2 amide bonds. The predicted octanol–water partition coefficient (Wildman–Crippen LogP) is 4.43. The Labute approximate surface area is 290 Å². The van der Waals surface area contributed by atoms with Crippen LogP contribution in [-0.4, -0.2) is 101 Å². The molecule has 50 heavy (non-hydrogen) atoms. The van der Waals surface area contributed by atoms with E-state index in [2.05, 4.69) is 51.7 Å². The van der Waals surface area contributed by atoms with Crippen molar-refractivity contribution in [3.05, 3.63) is 101 Å². The number of aromatic nitrogens is 3. The van der Waals surface area contributed by atoms with Crippen LogP contribution in [0.2, 0.25) is 0 Å². The van der Waals surface area contributed by atoms with Gasteiger partial charge >= 0.3 is 0 Å². The molecular weight excluding hydrogens is 637 g/mol. The Hall–Kier alpha value is -5.94. The molecule has 0 aliphatic carbocycles. The largest absolute Gasteiger partial charge is 0.349 e. The molecule has 1 aromatic heterocycles. The van der Waals surface area contributed by atoms with Crippen LogP contribution < -0.4 is 16.0 Å². The summed E-state index contributed by atoms with van der Waals surface area (Å²) in [5.74, 6) is 0.204. The summed E-state index contributed by atoms with van der Waals surface area (Å²) in [6.45, 7) is 11.3. The maximum absolute atomic E-state index is 13.8. The van der Waals surface area contributed by atoms with Gasteiger partial charge in [0.1, 0.15) is 11.9 Å². The second kappa shape index (κ2) is 15.5. The van der Waals surface area contributed by atoms with E-state index in [1.807, 2.05) is 30.3 Å². The first-order valence-corrected chi connectivity index (χ1v) is 16.3. The third-order valence-electron chi connectivity index (χ3n) is 8.50. The Morgan fingerprint density at radius 1 is 0.980 bits per heavy atom. The van der Waals surface area contributed by atoms with Gasteiger partial charge in [-0.1, -0.05) is 42.5 Å². The van der Waals surface area contributed by atoms with E-state index in [9.17, 15) is 14.0 Å². The van der Waals surface area contributed by atoms with Crippen LogP contribution in [0.1, 0.15) is 16.7 Å². The van der Waals surface area contributed by atoms with Crippen molar-refractivity contribution in [3.63, 3.8) is 0 Å². The summed E-state index contributed by atoms with van der Waals surface area (Å²) in [4.78, 5) is 52.0. The van der Waals surface area contributed by atoms with Gasteiger partial charge < -0.3 is 25.8 Å². The lowest BCUT2D eigenvalue weighted by Crippen LogP contribution is -2.45. The van der Waals surface area contributed by atoms with Gasteiger partial charge in [-0.15, -0.1) is 0 Å². The third-order valence-corrected chi connectivity index (χ3v) is 8.50. The lowest BCUT2D eigenvalue weighted by Gasteiger charge is -2.32. The molecule has 1 atom stereocenters. The number of nitrogens with one attached hydrogen (secondary N) is 3. The van der Waals surface area contributed by atoms with E-state index in [1.165, 1.54) is 17.0 Å². The molecule has 3 heterocycles. The van der Waals surface area contributed by atoms with Gasteiger partial charge in [0.05, 0.1) is 18.8 Å². The van der Waals surface area contributed by atoms with Crippen LogP contribution in [0, 0.1) is 12.4 Å². The lowest BCUT2D eigenvalue weighted by molar-refractivity contribution is -0.129. The molecule has 13 nitrogen and oxygen atoms in total. The zero-order valence-electron chi connectivity index (χ0n) is 27.9. The van der Waals surface area contributed by atoms with Crippen molar-refractivity contribution in [1.29, 1.82) is 0 Å². The number of rotatable bonds is 13. The number of carbonyl (C=O) groups is 2. The minimum absolute atomic E-state index is 0.171. The Bertz CT molecular complexity index is 1920. The molecule has 14 heteroatoms. The van der Waals surface area contributed by atoms with Gasteiger partial charge in [0.25, 0.3) is 0 Å². The van der Waals surface area contributed by atoms with Crippen LogP contribution in [0.4, 0.5) is 39.3 Å². The minimum Gasteiger partial charge on any atom is -0.349 e. The minimum atomic E-state index is -0.710. The number of amides is 2. The molecule has 256 valence electrons. The normalized spacial score (nSPS) is 14.6. The van der Waals surface area contributed by atoms with Crippen molar-refractivity contribution in [3.8, 4) is 0 Å². The summed E-state index contributed by atoms with van der Waals surface area (Å²) in [5, 5.41) is 9.77. The number of hydrogen-bond acceptors (Lipinski definition) is 10. The number of benzene rings is 3. The van der Waals surface area contributed by atoms with Crippen molar-refractivity contribution in [2.75, 3.05) is 62.8 Å². The fraction of sp³-hybridized carbons (Fsp3) is 0.306. The highest BCUT2D eigenvalue weighted by atomic mass is 19.1. The monoisotopic (exact) mass is 675 g/mol. The summed E-state index contributed by atoms with van der Waals surface area (Å²) < 4.78 is 13.8. The Kier molecular flexibility index (Phi) is 10.5. The maximum atomic E-state index is 13.8. The topological polar surface area (TPSA) is 135 Å². The predicted molar refractivity (Wildman–Crippen MR) is 191 cm³/mol. The van der Waals surface area contributed by atoms with Crippen LogP contribution in [-0.2, 0) is 29.0 Å². The van der Waals surface area contributed by atoms with Crippen molar-refractivity contribution < 1.29 is 14.0 Å². The first-order chi connectivity index (χ1) is 24.2. The van der Waals surface area contributed by atoms with Crippen molar-refractivity contribution in [2.45, 2.75) is 25.4 Å². The number of likely N-dealkylation sites (N-methyl/N-ethyl adjacent to an activating group) is 1. The van der Waals surface area contributed by atoms with Gasteiger partial charge in [-0.05, 0) is 41.0 Å². The number of carbonyl (C=O) groups excluding carboxylic acids is 2. The number of halogens is 1. The summed E-state index contributed by atoms with van der Waals surface area (Å²) in [6, 6.07) is 19.0. The molecule has 0 radical (unpaired) electrons. The number of aliphatic imine (C=N–C) groups is 1. The van der Waals surface area contributed by atoms with Gasteiger partial charge in [0.15, 0.2) is 5.69 Å². The van der Waals surface area contributed by atoms with Crippen LogP contribution in [0.5, 0.6) is 0 Å². The summed E-state index contributed by atoms with van der Waals surface area (Å²) in [7, 11) is 3.38. The molecule has 0 bridgehead atoms. The molecule has 6 rings (SSSR count). The standard InChI is InChI=1S/C36H38FN11O2/c1-38-28-11-7-24(8-12-28)18-32(33(50)46(2)3)42-36-44-34(39-21-30-19-26-9-10-27(37)20-31(26)40-30)43-35(45-36)41-29-6-4-5-25(17-29)22-47-13-15-48(23-49)16-14-47/h4-12,17,20,23,32H,13-16,18-19,21-22H2,2-3H3,(H3,39,41,42,43,44,45)/t32-/m0/s1. The van der Waals surface area contributed by atoms with E-state index in [0.717, 1.165) is 54.1 Å². The van der Waals surface area contributed by atoms with Crippen LogP contribution >= 0.6 is 0 Å². The third kappa shape index (κ3) is 8.74. The van der Waals surface area contributed by atoms with E-state index in [4.69, 9.17) is 6.57 Å². The van der Waals surface area contributed by atoms with Gasteiger partial charge in [-0.3, -0.25) is 19.5 Å². The fourth-order valence-corrected chi connectivity index (χ4v) is 5.85. The highest BCUT2D eigenvalue weighted by molar-refractivity contribution is 5.96. The second-order valence-corrected chi connectivity index (χ2v) is 12.4. The number of piperazine rings is 1. The van der Waals surface area contributed by atoms with Crippen molar-refractivity contribution >= 4 is 52.9 Å². The van der Waals surface area contributed by atoms with Crippen molar-refractivity contribution in [2.24, 2.45) is 4.99 Å². The lowest BCUT2D eigenvalue weighted by atomic mass is 10.0. The second-order valence-electron chi connectivity index (χ2n) is 12.4. The summed E-state index contributed by atoms with van der Waals surface area (Å²) >= 11 is 0. The van der Waals surface area contributed by atoms with Crippen LogP contribution in [0.15, 0.2) is 71.7 Å². The molecule has 3 aromatic carbocycles. The van der Waals surface area contributed by atoms with E-state index in [0.29, 0.717) is 43.9 Å². The van der Waals surface area contributed by atoms with Gasteiger partial charge in [0.2, 0.25) is 30.2 Å². The fourth-order valence-electron chi connectivity index (χ4n) is 5.85. The first-order valence-electron chi connectivity index (χ1n) is 16.3. The molecule has 2 aliphatic rings. The molecule has 0 unspecified atom stereocenters. The van der Waals surface area contributed by atoms with E-state index >= 15 is 0 Å². The molecule has 1 saturated heterocycles. The van der Waals surface area contributed by atoms with E-state index < -0.39 is 6.04 Å². The van der Waals surface area contributed by atoms with Crippen LogP contribution in [0.25, 0.3) is 4.85 Å². The molecule has 1 fully saturated rings. The molecular formula is C36H38FN11O2. The summed E-state index contributed by atoms with van der Waals surface area (Å²) in [5.41, 5.74) is 5.62. The zero-order chi connectivity index (χ0) is 35.0. The Morgan fingerprint density at radius 2 is 1.74 bits per heavy atom. The average molecular weight is 676 g/mol. The van der Waals surface area contributed by atoms with E-state index in [-0.39, 0.29) is 29.6 Å². The number of anilines is 4. The molecule has 0 spiro atoms. The number of fused-ring (bicyclic) bond motifs is 1. The first kappa shape index (κ1) is 33.9. The smallest absolute Gasteiger partial charge is 0.244 e. The van der Waals surface area contributed by atoms with Crippen LogP contribution in [0.3, 0.4) is 0 Å². The van der Waals surface area contributed by atoms with Gasteiger partial charge in [-0.25, -0.2) is 9.24 Å². The van der Waals surface area contributed by atoms with E-state index in [1.54, 1.807) is 37.2 Å².